The van der Waals surface area contributed by atoms with Crippen LogP contribution in [0.2, 0.25) is 5.02 Å². The average molecular weight is 284 g/mol. The first-order valence-corrected chi connectivity index (χ1v) is 8.26. The highest BCUT2D eigenvalue weighted by molar-refractivity contribution is 7.99. The Morgan fingerprint density at radius 2 is 2.28 bits per heavy atom. The van der Waals surface area contributed by atoms with E-state index in [4.69, 9.17) is 11.6 Å². The summed E-state index contributed by atoms with van der Waals surface area (Å²) >= 11 is 7.91. The molecule has 0 radical (unpaired) electrons. The summed E-state index contributed by atoms with van der Waals surface area (Å²) in [5, 5.41) is 4.43. The van der Waals surface area contributed by atoms with Crippen LogP contribution in [0, 0.1) is 5.92 Å². The Kier molecular flexibility index (Phi) is 5.87. The van der Waals surface area contributed by atoms with Crippen LogP contribution in [0.5, 0.6) is 0 Å². The Morgan fingerprint density at radius 3 is 2.94 bits per heavy atom. The van der Waals surface area contributed by atoms with E-state index in [1.54, 1.807) is 0 Å². The number of halogens is 1. The van der Waals surface area contributed by atoms with Crippen molar-refractivity contribution in [3.63, 3.8) is 0 Å². The standard InChI is InChI=1S/C15H22ClNS/c1-2-17-14(9-8-12-6-7-12)11-18-15-5-3-4-13(16)10-15/h3-5,10,12,14,17H,2,6-9,11H2,1H3. The van der Waals surface area contributed by atoms with Crippen molar-refractivity contribution >= 4 is 23.4 Å². The second-order valence-corrected chi connectivity index (χ2v) is 6.57. The van der Waals surface area contributed by atoms with Crippen LogP contribution in [-0.4, -0.2) is 18.3 Å². The van der Waals surface area contributed by atoms with Gasteiger partial charge in [0, 0.05) is 21.7 Å². The van der Waals surface area contributed by atoms with E-state index in [1.165, 1.54) is 30.6 Å². The topological polar surface area (TPSA) is 12.0 Å². The molecule has 0 heterocycles. The molecule has 0 aliphatic heterocycles. The first kappa shape index (κ1) is 14.2. The molecule has 1 fully saturated rings. The van der Waals surface area contributed by atoms with E-state index in [9.17, 15) is 0 Å². The van der Waals surface area contributed by atoms with Gasteiger partial charge in [0.2, 0.25) is 0 Å². The van der Waals surface area contributed by atoms with Crippen LogP contribution in [0.1, 0.15) is 32.6 Å². The van der Waals surface area contributed by atoms with Crippen molar-refractivity contribution in [2.75, 3.05) is 12.3 Å². The maximum absolute atomic E-state index is 6.00. The lowest BCUT2D eigenvalue weighted by Gasteiger charge is -2.17. The van der Waals surface area contributed by atoms with Crippen LogP contribution in [-0.2, 0) is 0 Å². The first-order chi connectivity index (χ1) is 8.78. The van der Waals surface area contributed by atoms with Gasteiger partial charge in [-0.15, -0.1) is 11.8 Å². The summed E-state index contributed by atoms with van der Waals surface area (Å²) in [6, 6.07) is 8.79. The zero-order chi connectivity index (χ0) is 12.8. The van der Waals surface area contributed by atoms with Gasteiger partial charge in [0.05, 0.1) is 0 Å². The molecule has 1 aromatic carbocycles. The van der Waals surface area contributed by atoms with Gasteiger partial charge in [-0.05, 0) is 43.5 Å². The number of nitrogens with one attached hydrogen (secondary N) is 1. The molecule has 1 nitrogen and oxygen atoms in total. The molecule has 3 heteroatoms. The molecule has 0 saturated heterocycles. The fraction of sp³-hybridized carbons (Fsp3) is 0.600. The third-order valence-corrected chi connectivity index (χ3v) is 4.75. The summed E-state index contributed by atoms with van der Waals surface area (Å²) in [4.78, 5) is 1.27. The summed E-state index contributed by atoms with van der Waals surface area (Å²) < 4.78 is 0. The minimum Gasteiger partial charge on any atom is -0.313 e. The Bertz CT molecular complexity index is 365. The quantitative estimate of drug-likeness (QED) is 0.700. The lowest BCUT2D eigenvalue weighted by atomic mass is 10.1. The van der Waals surface area contributed by atoms with Gasteiger partial charge in [-0.2, -0.15) is 0 Å². The lowest BCUT2D eigenvalue weighted by Crippen LogP contribution is -2.31. The maximum Gasteiger partial charge on any atom is 0.0417 e. The average Bonchev–Trinajstić information content (AvgIpc) is 3.17. The molecule has 0 bridgehead atoms. The van der Waals surface area contributed by atoms with Crippen molar-refractivity contribution < 1.29 is 0 Å². The number of benzene rings is 1. The van der Waals surface area contributed by atoms with Crippen LogP contribution >= 0.6 is 23.4 Å². The third kappa shape index (κ3) is 5.21. The Labute approximate surface area is 120 Å². The van der Waals surface area contributed by atoms with E-state index in [0.717, 1.165) is 23.2 Å². The molecule has 1 unspecified atom stereocenters. The van der Waals surface area contributed by atoms with Crippen molar-refractivity contribution in [3.05, 3.63) is 29.3 Å². The van der Waals surface area contributed by atoms with Crippen molar-refractivity contribution in [1.29, 1.82) is 0 Å². The van der Waals surface area contributed by atoms with E-state index in [0.29, 0.717) is 6.04 Å². The second kappa shape index (κ2) is 7.42. The molecule has 1 N–H and O–H groups in total. The summed E-state index contributed by atoms with van der Waals surface area (Å²) in [6.07, 6.45) is 5.63. The molecule has 18 heavy (non-hydrogen) atoms. The third-order valence-electron chi connectivity index (χ3n) is 3.36. The van der Waals surface area contributed by atoms with E-state index in [2.05, 4.69) is 24.4 Å². The predicted octanol–water partition coefficient (Wildman–Crippen LogP) is 4.60. The monoisotopic (exact) mass is 283 g/mol. The van der Waals surface area contributed by atoms with Gasteiger partial charge in [-0.25, -0.2) is 0 Å². The number of hydrogen-bond donors (Lipinski definition) is 1. The second-order valence-electron chi connectivity index (χ2n) is 5.04. The Balaban J connectivity index is 1.76. The van der Waals surface area contributed by atoms with Crippen molar-refractivity contribution in [2.45, 2.75) is 43.5 Å². The van der Waals surface area contributed by atoms with Crippen LogP contribution in [0.3, 0.4) is 0 Å². The highest BCUT2D eigenvalue weighted by atomic mass is 35.5. The van der Waals surface area contributed by atoms with E-state index in [1.807, 2.05) is 23.9 Å². The normalized spacial score (nSPS) is 16.8. The fourth-order valence-corrected chi connectivity index (χ4v) is 3.45. The molecule has 1 aromatic rings. The largest absolute Gasteiger partial charge is 0.313 e. The number of rotatable bonds is 8. The minimum atomic E-state index is 0.639. The van der Waals surface area contributed by atoms with Gasteiger partial charge in [0.1, 0.15) is 0 Å². The highest BCUT2D eigenvalue weighted by Gasteiger charge is 2.22. The zero-order valence-corrected chi connectivity index (χ0v) is 12.6. The molecule has 0 amide bonds. The number of thioether (sulfide) groups is 1. The molecule has 1 atom stereocenters. The van der Waals surface area contributed by atoms with Crippen LogP contribution in [0.15, 0.2) is 29.2 Å². The Hall–Kier alpha value is -0.180. The fourth-order valence-electron chi connectivity index (χ4n) is 2.13. The predicted molar refractivity (Wildman–Crippen MR) is 81.6 cm³/mol. The highest BCUT2D eigenvalue weighted by Crippen LogP contribution is 2.34. The Morgan fingerprint density at radius 1 is 1.44 bits per heavy atom. The van der Waals surface area contributed by atoms with Crippen molar-refractivity contribution in [3.8, 4) is 0 Å². The number of hydrogen-bond acceptors (Lipinski definition) is 2. The van der Waals surface area contributed by atoms with Crippen molar-refractivity contribution in [1.82, 2.24) is 5.32 Å². The van der Waals surface area contributed by atoms with Crippen LogP contribution < -0.4 is 5.32 Å². The van der Waals surface area contributed by atoms with Gasteiger partial charge < -0.3 is 5.32 Å². The SMILES string of the molecule is CCNC(CCC1CC1)CSc1cccc(Cl)c1. The molecule has 1 aliphatic rings. The first-order valence-electron chi connectivity index (χ1n) is 6.89. The molecule has 1 aliphatic carbocycles. The summed E-state index contributed by atoms with van der Waals surface area (Å²) in [5.41, 5.74) is 0. The molecular formula is C15H22ClNS. The van der Waals surface area contributed by atoms with Gasteiger partial charge in [0.15, 0.2) is 0 Å². The van der Waals surface area contributed by atoms with Gasteiger partial charge in [0.25, 0.3) is 0 Å². The lowest BCUT2D eigenvalue weighted by molar-refractivity contribution is 0.501. The van der Waals surface area contributed by atoms with Gasteiger partial charge >= 0.3 is 0 Å². The van der Waals surface area contributed by atoms with E-state index in [-0.39, 0.29) is 0 Å². The maximum atomic E-state index is 6.00. The minimum absolute atomic E-state index is 0.639. The van der Waals surface area contributed by atoms with Gasteiger partial charge in [-0.1, -0.05) is 37.4 Å². The smallest absolute Gasteiger partial charge is 0.0417 e. The molecule has 2 rings (SSSR count). The molecule has 0 aromatic heterocycles. The molecule has 0 spiro atoms. The van der Waals surface area contributed by atoms with Crippen molar-refractivity contribution in [2.24, 2.45) is 5.92 Å². The summed E-state index contributed by atoms with van der Waals surface area (Å²) in [6.45, 7) is 3.25. The molecule has 100 valence electrons. The zero-order valence-electron chi connectivity index (χ0n) is 11.0. The summed E-state index contributed by atoms with van der Waals surface area (Å²) in [5.74, 6) is 2.17. The summed E-state index contributed by atoms with van der Waals surface area (Å²) in [7, 11) is 0. The van der Waals surface area contributed by atoms with E-state index >= 15 is 0 Å². The molecule has 1 saturated carbocycles. The van der Waals surface area contributed by atoms with Gasteiger partial charge in [-0.3, -0.25) is 0 Å². The van der Waals surface area contributed by atoms with Crippen LogP contribution in [0.25, 0.3) is 0 Å². The molecular weight excluding hydrogens is 262 g/mol. The van der Waals surface area contributed by atoms with E-state index < -0.39 is 0 Å². The van der Waals surface area contributed by atoms with Crippen LogP contribution in [0.4, 0.5) is 0 Å².